The summed E-state index contributed by atoms with van der Waals surface area (Å²) in [4.78, 5) is 6.44. The summed E-state index contributed by atoms with van der Waals surface area (Å²) in [6.45, 7) is 0. The monoisotopic (exact) mass is 419 g/mol. The second-order valence-electron chi connectivity index (χ2n) is 6.45. The van der Waals surface area contributed by atoms with Crippen LogP contribution in [0.4, 0.5) is 11.4 Å². The topological polar surface area (TPSA) is 82.4 Å². The van der Waals surface area contributed by atoms with Crippen LogP contribution in [0, 0.1) is 0 Å². The van der Waals surface area contributed by atoms with Crippen molar-refractivity contribution in [2.75, 3.05) is 10.7 Å². The van der Waals surface area contributed by atoms with E-state index in [2.05, 4.69) is 4.99 Å². The van der Waals surface area contributed by atoms with E-state index >= 15 is 0 Å². The lowest BCUT2D eigenvalue weighted by molar-refractivity contribution is 0.350. The van der Waals surface area contributed by atoms with Crippen LogP contribution in [0.5, 0.6) is 11.5 Å². The maximum atomic E-state index is 11.5. The molecule has 0 spiro atoms. The molecule has 2 atom stereocenters. The zero-order valence-electron chi connectivity index (χ0n) is 14.7. The van der Waals surface area contributed by atoms with Crippen LogP contribution in [0.1, 0.15) is 6.42 Å². The third-order valence-corrected chi connectivity index (χ3v) is 5.69. The van der Waals surface area contributed by atoms with Crippen LogP contribution in [-0.4, -0.2) is 41.6 Å². The van der Waals surface area contributed by atoms with Crippen molar-refractivity contribution in [1.82, 2.24) is 4.42 Å². The molecule has 2 unspecified atom stereocenters. The Bertz CT molecular complexity index is 995. The molecule has 7 nitrogen and oxygen atoms in total. The van der Waals surface area contributed by atoms with Gasteiger partial charge < -0.3 is 9.64 Å². The third kappa shape index (κ3) is 3.71. The van der Waals surface area contributed by atoms with Gasteiger partial charge >= 0.3 is 0 Å². The minimum absolute atomic E-state index is 0.112. The maximum absolute atomic E-state index is 11.5. The summed E-state index contributed by atoms with van der Waals surface area (Å²) >= 11 is 6.36. The smallest absolute Gasteiger partial charge is 0.264 e. The van der Waals surface area contributed by atoms with Crippen molar-refractivity contribution in [2.45, 2.75) is 18.6 Å². The molecule has 0 saturated carbocycles. The van der Waals surface area contributed by atoms with Crippen LogP contribution in [0.3, 0.4) is 0 Å². The van der Waals surface area contributed by atoms with Gasteiger partial charge in [0.05, 0.1) is 23.2 Å². The summed E-state index contributed by atoms with van der Waals surface area (Å²) in [6.07, 6.45) is 4.54. The lowest BCUT2D eigenvalue weighted by atomic mass is 10.0. The number of allylic oxidation sites excluding steroid dienone is 1. The fraction of sp³-hybridized carbons (Fsp3) is 0.211. The fourth-order valence-corrected chi connectivity index (χ4v) is 4.23. The van der Waals surface area contributed by atoms with Crippen molar-refractivity contribution in [2.24, 2.45) is 4.99 Å². The molecule has 0 radical (unpaired) electrons. The number of nitrogens with zero attached hydrogens (tertiary/aromatic N) is 3. The van der Waals surface area contributed by atoms with Crippen LogP contribution >= 0.6 is 11.8 Å². The van der Waals surface area contributed by atoms with E-state index in [1.807, 2.05) is 53.4 Å². The summed E-state index contributed by atoms with van der Waals surface area (Å²) in [6, 6.07) is 14.5. The van der Waals surface area contributed by atoms with Crippen molar-refractivity contribution in [1.29, 1.82) is 0 Å². The highest BCUT2D eigenvalue weighted by Gasteiger charge is 2.37. The van der Waals surface area contributed by atoms with Gasteiger partial charge in [0.1, 0.15) is 0 Å². The SMILES string of the molecule is O=S(=O)(O)CCC(C1N=CC=CN1Cl)N1c2ccccc2Oc2ccccc21. The summed E-state index contributed by atoms with van der Waals surface area (Å²) in [7, 11) is -4.16. The first-order chi connectivity index (χ1) is 13.4. The van der Waals surface area contributed by atoms with Gasteiger partial charge in [0, 0.05) is 24.2 Å². The van der Waals surface area contributed by atoms with E-state index in [0.717, 1.165) is 11.4 Å². The van der Waals surface area contributed by atoms with Crippen LogP contribution in [0.15, 0.2) is 65.8 Å². The van der Waals surface area contributed by atoms with Gasteiger partial charge in [-0.05, 0) is 36.8 Å². The predicted molar refractivity (Wildman–Crippen MR) is 109 cm³/mol. The Morgan fingerprint density at radius 1 is 1.11 bits per heavy atom. The number of aliphatic imine (C=N–C) groups is 1. The maximum Gasteiger partial charge on any atom is 0.264 e. The summed E-state index contributed by atoms with van der Waals surface area (Å²) in [5.41, 5.74) is 1.55. The quantitative estimate of drug-likeness (QED) is 0.583. The molecule has 9 heteroatoms. The van der Waals surface area contributed by atoms with E-state index in [1.54, 1.807) is 18.5 Å². The molecular formula is C19H18ClN3O4S. The number of ether oxygens (including phenoxy) is 1. The van der Waals surface area contributed by atoms with Crippen molar-refractivity contribution >= 4 is 39.5 Å². The highest BCUT2D eigenvalue weighted by Crippen LogP contribution is 2.48. The minimum Gasteiger partial charge on any atom is -0.453 e. The number of hydrogen-bond acceptors (Lipinski definition) is 6. The number of anilines is 2. The molecule has 0 fully saturated rings. The molecule has 0 bridgehead atoms. The molecule has 146 valence electrons. The van der Waals surface area contributed by atoms with Gasteiger partial charge in [-0.2, -0.15) is 8.42 Å². The molecule has 28 heavy (non-hydrogen) atoms. The zero-order chi connectivity index (χ0) is 19.7. The molecule has 0 aromatic heterocycles. The standard InChI is InChI=1S/C19H18ClN3O4S/c20-22-12-5-11-21-19(22)16(10-13-28(24,25)26)23-14-6-1-3-8-17(14)27-18-9-4-2-7-15(18)23/h1-9,11-12,16,19H,10,13H2,(H,24,25,26). The number of para-hydroxylation sites is 4. The summed E-state index contributed by atoms with van der Waals surface area (Å²) in [5, 5.41) is 0. The van der Waals surface area contributed by atoms with Crippen molar-refractivity contribution in [3.63, 3.8) is 0 Å². The van der Waals surface area contributed by atoms with Gasteiger partial charge in [0.25, 0.3) is 10.1 Å². The lowest BCUT2D eigenvalue weighted by Crippen LogP contribution is -2.47. The molecule has 2 aromatic carbocycles. The lowest BCUT2D eigenvalue weighted by Gasteiger charge is -2.42. The first-order valence-corrected chi connectivity index (χ1v) is 10.6. The van der Waals surface area contributed by atoms with Gasteiger partial charge in [-0.3, -0.25) is 14.0 Å². The van der Waals surface area contributed by atoms with Crippen molar-refractivity contribution < 1.29 is 17.7 Å². The van der Waals surface area contributed by atoms with E-state index in [9.17, 15) is 13.0 Å². The van der Waals surface area contributed by atoms with Gasteiger partial charge in [0.15, 0.2) is 17.7 Å². The fourth-order valence-electron chi connectivity index (χ4n) is 3.45. The van der Waals surface area contributed by atoms with Gasteiger partial charge in [0.2, 0.25) is 0 Å². The van der Waals surface area contributed by atoms with E-state index in [1.165, 1.54) is 4.42 Å². The summed E-state index contributed by atoms with van der Waals surface area (Å²) in [5.74, 6) is 0.879. The highest BCUT2D eigenvalue weighted by atomic mass is 35.5. The molecule has 2 aliphatic rings. The second-order valence-corrected chi connectivity index (χ2v) is 8.41. The average molecular weight is 420 g/mol. The number of fused-ring (bicyclic) bond motifs is 2. The molecule has 0 amide bonds. The molecule has 2 aliphatic heterocycles. The molecule has 2 heterocycles. The highest BCUT2D eigenvalue weighted by molar-refractivity contribution is 7.85. The third-order valence-electron chi connectivity index (χ3n) is 4.62. The van der Waals surface area contributed by atoms with Gasteiger partial charge in [-0.1, -0.05) is 24.3 Å². The normalized spacial score (nSPS) is 19.0. The van der Waals surface area contributed by atoms with Crippen LogP contribution in [0.25, 0.3) is 0 Å². The van der Waals surface area contributed by atoms with Crippen molar-refractivity contribution in [3.05, 3.63) is 60.8 Å². The Morgan fingerprint density at radius 3 is 2.29 bits per heavy atom. The second kappa shape index (κ2) is 7.46. The molecular weight excluding hydrogens is 402 g/mol. The Labute approximate surface area is 168 Å². The average Bonchev–Trinajstić information content (AvgIpc) is 2.67. The Kier molecular flexibility index (Phi) is 5.01. The van der Waals surface area contributed by atoms with E-state index in [-0.39, 0.29) is 6.42 Å². The zero-order valence-corrected chi connectivity index (χ0v) is 16.3. The van der Waals surface area contributed by atoms with E-state index < -0.39 is 28.1 Å². The predicted octanol–water partition coefficient (Wildman–Crippen LogP) is 3.96. The van der Waals surface area contributed by atoms with E-state index in [4.69, 9.17) is 16.5 Å². The largest absolute Gasteiger partial charge is 0.453 e. The first-order valence-electron chi connectivity index (χ1n) is 8.68. The number of hydrogen-bond donors (Lipinski definition) is 1. The van der Waals surface area contributed by atoms with E-state index in [0.29, 0.717) is 11.5 Å². The Hall–Kier alpha value is -2.55. The number of benzene rings is 2. The Morgan fingerprint density at radius 2 is 1.71 bits per heavy atom. The number of halogens is 1. The van der Waals surface area contributed by atoms with Crippen molar-refractivity contribution in [3.8, 4) is 11.5 Å². The molecule has 0 aliphatic carbocycles. The summed E-state index contributed by atoms with van der Waals surface area (Å²) < 4.78 is 39.7. The number of rotatable bonds is 5. The van der Waals surface area contributed by atoms with Crippen LogP contribution in [0.2, 0.25) is 0 Å². The van der Waals surface area contributed by atoms with Gasteiger partial charge in [-0.15, -0.1) is 0 Å². The molecule has 0 saturated heterocycles. The minimum atomic E-state index is -4.16. The molecule has 2 aromatic rings. The molecule has 1 N–H and O–H groups in total. The molecule has 4 rings (SSSR count). The van der Waals surface area contributed by atoms with Crippen LogP contribution < -0.4 is 9.64 Å². The Balaban J connectivity index is 1.83. The van der Waals surface area contributed by atoms with Crippen LogP contribution in [-0.2, 0) is 10.1 Å². The first kappa shape index (κ1) is 18.8. The van der Waals surface area contributed by atoms with Gasteiger partial charge in [-0.25, -0.2) is 0 Å².